The molecule has 39 heavy (non-hydrogen) atoms. The molecular weight excluding hydrogens is 518 g/mol. The molecule has 214 valence electrons. The maximum absolute atomic E-state index is 12.8. The third-order valence-electron chi connectivity index (χ3n) is 7.43. The lowest BCUT2D eigenvalue weighted by atomic mass is 9.53. The number of ether oxygens (including phenoxy) is 5. The molecule has 0 aromatic carbocycles. The number of nitro groups is 1. The molecule has 1 fully saturated rings. The maximum Gasteiger partial charge on any atom is 0.303 e. The number of carbonyl (C=O) groups is 5. The molecule has 4 rings (SSSR count). The second-order valence-corrected chi connectivity index (χ2v) is 10.0. The van der Waals surface area contributed by atoms with Gasteiger partial charge in [0.15, 0.2) is 24.4 Å². The van der Waals surface area contributed by atoms with Crippen LogP contribution in [0.25, 0.3) is 0 Å². The van der Waals surface area contributed by atoms with Gasteiger partial charge in [-0.05, 0) is 30.8 Å². The molecule has 0 aromatic rings. The van der Waals surface area contributed by atoms with Crippen molar-refractivity contribution in [2.75, 3.05) is 6.61 Å². The van der Waals surface area contributed by atoms with E-state index in [1.807, 2.05) is 6.08 Å². The molecule has 0 amide bonds. The third kappa shape index (κ3) is 6.28. The van der Waals surface area contributed by atoms with E-state index < -0.39 is 83.2 Å². The van der Waals surface area contributed by atoms with Gasteiger partial charge in [0.05, 0.1) is 11.8 Å². The number of carbonyl (C=O) groups excluding carboxylic acids is 5. The lowest BCUT2D eigenvalue weighted by Crippen LogP contribution is -2.66. The second-order valence-electron chi connectivity index (χ2n) is 10.0. The van der Waals surface area contributed by atoms with Crippen LogP contribution in [-0.2, 0) is 47.7 Å². The van der Waals surface area contributed by atoms with Crippen molar-refractivity contribution in [3.63, 3.8) is 0 Å². The average Bonchev–Trinajstić information content (AvgIpc) is 3.34. The van der Waals surface area contributed by atoms with E-state index in [-0.39, 0.29) is 18.3 Å². The van der Waals surface area contributed by atoms with Crippen molar-refractivity contribution in [1.82, 2.24) is 0 Å². The summed E-state index contributed by atoms with van der Waals surface area (Å²) in [4.78, 5) is 72.8. The van der Waals surface area contributed by atoms with Gasteiger partial charge in [-0.2, -0.15) is 0 Å². The minimum Gasteiger partial charge on any atom is -0.462 e. The SMILES string of the molecule is CC(=O)OC[C@@H](OC(C)=O)[C@@H](OC(C)=O)[C@H](OC(C)=O)[C@H](OC(C)=O)[C@@H]1C[C@@H]2C=C[C@@]1([N+](=O)[O-])[C@@H]1C=CC[C@H]12. The van der Waals surface area contributed by atoms with Crippen molar-refractivity contribution >= 4 is 29.8 Å². The van der Waals surface area contributed by atoms with Crippen molar-refractivity contribution in [3.8, 4) is 0 Å². The first-order valence-corrected chi connectivity index (χ1v) is 12.6. The molecule has 0 spiro atoms. The highest BCUT2D eigenvalue weighted by atomic mass is 16.6. The first-order valence-electron chi connectivity index (χ1n) is 12.6. The number of nitrogens with zero attached hydrogens (tertiary/aromatic N) is 1. The average molecular weight is 552 g/mol. The third-order valence-corrected chi connectivity index (χ3v) is 7.43. The van der Waals surface area contributed by atoms with Crippen molar-refractivity contribution < 1.29 is 52.6 Å². The van der Waals surface area contributed by atoms with Crippen LogP contribution >= 0.6 is 0 Å². The Labute approximate surface area is 224 Å². The fourth-order valence-electron chi connectivity index (χ4n) is 6.20. The predicted molar refractivity (Wildman–Crippen MR) is 130 cm³/mol. The lowest BCUT2D eigenvalue weighted by molar-refractivity contribution is -0.585. The summed E-state index contributed by atoms with van der Waals surface area (Å²) in [6.45, 7) is 4.77. The molecule has 0 aliphatic heterocycles. The van der Waals surface area contributed by atoms with Crippen LogP contribution in [0.4, 0.5) is 0 Å². The van der Waals surface area contributed by atoms with Crippen molar-refractivity contribution in [3.05, 3.63) is 34.4 Å². The van der Waals surface area contributed by atoms with Crippen LogP contribution in [0.1, 0.15) is 47.5 Å². The van der Waals surface area contributed by atoms with Crippen LogP contribution in [0.2, 0.25) is 0 Å². The zero-order valence-electron chi connectivity index (χ0n) is 22.4. The van der Waals surface area contributed by atoms with Gasteiger partial charge in [0.25, 0.3) is 5.54 Å². The Morgan fingerprint density at radius 2 is 1.46 bits per heavy atom. The fraction of sp³-hybridized carbons (Fsp3) is 0.654. The van der Waals surface area contributed by atoms with Crippen molar-refractivity contribution in [1.29, 1.82) is 0 Å². The van der Waals surface area contributed by atoms with Gasteiger partial charge in [0.2, 0.25) is 0 Å². The Hall–Kier alpha value is -3.77. The summed E-state index contributed by atoms with van der Waals surface area (Å²) in [5.41, 5.74) is -1.72. The normalized spacial score (nSPS) is 29.3. The minimum absolute atomic E-state index is 0.0242. The van der Waals surface area contributed by atoms with Gasteiger partial charge in [0.1, 0.15) is 6.61 Å². The summed E-state index contributed by atoms with van der Waals surface area (Å²) >= 11 is 0. The van der Waals surface area contributed by atoms with E-state index in [4.69, 9.17) is 23.7 Å². The van der Waals surface area contributed by atoms with E-state index in [2.05, 4.69) is 0 Å². The zero-order chi connectivity index (χ0) is 29.1. The summed E-state index contributed by atoms with van der Waals surface area (Å²) < 4.78 is 26.9. The highest BCUT2D eigenvalue weighted by molar-refractivity contribution is 5.69. The first-order chi connectivity index (χ1) is 18.3. The summed E-state index contributed by atoms with van der Waals surface area (Å²) in [5, 5.41) is 12.8. The molecule has 13 heteroatoms. The van der Waals surface area contributed by atoms with Crippen LogP contribution < -0.4 is 0 Å². The molecule has 9 atom stereocenters. The predicted octanol–water partition coefficient (Wildman–Crippen LogP) is 1.69. The Kier molecular flexibility index (Phi) is 9.13. The molecule has 0 unspecified atom stereocenters. The van der Waals surface area contributed by atoms with Crippen LogP contribution in [0, 0.1) is 33.8 Å². The van der Waals surface area contributed by atoms with Gasteiger partial charge in [-0.3, -0.25) is 34.1 Å². The topological polar surface area (TPSA) is 175 Å². The minimum atomic E-state index is -1.72. The lowest BCUT2D eigenvalue weighted by Gasteiger charge is -2.52. The van der Waals surface area contributed by atoms with Crippen molar-refractivity contribution in [2.45, 2.75) is 77.4 Å². The highest BCUT2D eigenvalue weighted by Crippen LogP contribution is 2.57. The maximum atomic E-state index is 12.8. The van der Waals surface area contributed by atoms with Gasteiger partial charge in [0, 0.05) is 39.5 Å². The Bertz CT molecular complexity index is 1080. The van der Waals surface area contributed by atoms with E-state index in [9.17, 15) is 34.1 Å². The molecule has 0 N–H and O–H groups in total. The van der Waals surface area contributed by atoms with Gasteiger partial charge in [-0.1, -0.05) is 18.2 Å². The van der Waals surface area contributed by atoms with E-state index in [1.165, 1.54) is 6.08 Å². The molecule has 0 heterocycles. The molecule has 4 aliphatic rings. The van der Waals surface area contributed by atoms with Gasteiger partial charge >= 0.3 is 29.8 Å². The summed E-state index contributed by atoms with van der Waals surface area (Å²) in [7, 11) is 0. The van der Waals surface area contributed by atoms with Crippen LogP contribution in [-0.4, -0.2) is 71.3 Å². The van der Waals surface area contributed by atoms with E-state index in [0.29, 0.717) is 6.42 Å². The number of esters is 5. The number of fused-ring (bicyclic) bond motifs is 1. The second kappa shape index (κ2) is 12.0. The quantitative estimate of drug-likeness (QED) is 0.120. The molecule has 2 bridgehead atoms. The Balaban J connectivity index is 2.17. The number of hydrogen-bond donors (Lipinski definition) is 0. The molecular formula is C26H33NO12. The monoisotopic (exact) mass is 551 g/mol. The van der Waals surface area contributed by atoms with Crippen LogP contribution in [0.15, 0.2) is 24.3 Å². The van der Waals surface area contributed by atoms with Gasteiger partial charge in [-0.25, -0.2) is 0 Å². The molecule has 13 nitrogen and oxygen atoms in total. The molecule has 1 saturated carbocycles. The molecule has 0 aromatic heterocycles. The number of rotatable bonds is 11. The smallest absolute Gasteiger partial charge is 0.303 e. The van der Waals surface area contributed by atoms with E-state index in [0.717, 1.165) is 34.6 Å². The fourth-order valence-corrected chi connectivity index (χ4v) is 6.20. The summed E-state index contributed by atoms with van der Waals surface area (Å²) in [6.07, 6.45) is 1.53. The number of allylic oxidation sites excluding steroid dienone is 2. The van der Waals surface area contributed by atoms with Crippen LogP contribution in [0.5, 0.6) is 0 Å². The zero-order valence-corrected chi connectivity index (χ0v) is 22.4. The largest absolute Gasteiger partial charge is 0.462 e. The summed E-state index contributed by atoms with van der Waals surface area (Å²) in [5.74, 6) is -5.83. The Morgan fingerprint density at radius 3 is 2.00 bits per heavy atom. The highest BCUT2D eigenvalue weighted by Gasteiger charge is 2.68. The molecule has 0 radical (unpaired) electrons. The van der Waals surface area contributed by atoms with Crippen molar-refractivity contribution in [2.24, 2.45) is 23.7 Å². The standard InChI is InChI=1S/C26H33NO12/c1-13(28)35-12-22(36-14(2)29)24(38-16(4)31)25(39-17(5)32)23(37-15(3)30)21-11-18-9-10-26(21,27(33)34)20-8-6-7-19(18)20/h6,8-10,18-25H,7,11-12H2,1-5H3/t18-,19-,20+,21-,22+,23+,24+,25+,26+/m0/s1. The summed E-state index contributed by atoms with van der Waals surface area (Å²) in [6, 6.07) is 0. The van der Waals surface area contributed by atoms with Gasteiger partial charge < -0.3 is 23.7 Å². The molecule has 4 aliphatic carbocycles. The number of hydrogen-bond acceptors (Lipinski definition) is 12. The van der Waals surface area contributed by atoms with E-state index in [1.54, 1.807) is 12.2 Å². The Morgan fingerprint density at radius 1 is 0.872 bits per heavy atom. The van der Waals surface area contributed by atoms with Crippen LogP contribution in [0.3, 0.4) is 0 Å². The van der Waals surface area contributed by atoms with Gasteiger partial charge in [-0.15, -0.1) is 0 Å². The van der Waals surface area contributed by atoms with E-state index >= 15 is 0 Å². The molecule has 0 saturated heterocycles. The first kappa shape index (κ1) is 29.8.